The number of allylic oxidation sites excluding steroid dienone is 3. The fourth-order valence-corrected chi connectivity index (χ4v) is 4.50. The maximum atomic E-state index is 13.1. The van der Waals surface area contributed by atoms with Gasteiger partial charge in [-0.05, 0) is 43.6 Å². The molecule has 0 saturated carbocycles. The third-order valence-electron chi connectivity index (χ3n) is 5.17. The van der Waals surface area contributed by atoms with Crippen molar-refractivity contribution >= 4 is 23.5 Å². The van der Waals surface area contributed by atoms with Gasteiger partial charge in [-0.2, -0.15) is 11.8 Å². The number of hydrogen-bond donors (Lipinski definition) is 1. The van der Waals surface area contributed by atoms with Gasteiger partial charge in [-0.1, -0.05) is 20.8 Å². The molecule has 6 heteroatoms. The first kappa shape index (κ1) is 20.8. The van der Waals surface area contributed by atoms with Crippen LogP contribution in [-0.2, 0) is 14.3 Å². The van der Waals surface area contributed by atoms with Gasteiger partial charge >= 0.3 is 5.97 Å². The molecule has 1 N–H and O–H groups in total. The first-order chi connectivity index (χ1) is 13.2. The molecular weight excluding hydrogens is 374 g/mol. The Hall–Kier alpha value is -1.95. The van der Waals surface area contributed by atoms with Crippen molar-refractivity contribution in [2.24, 2.45) is 5.41 Å². The number of ether oxygens (including phenoxy) is 1. The molecule has 0 aromatic carbocycles. The lowest BCUT2D eigenvalue weighted by Crippen LogP contribution is -2.38. The van der Waals surface area contributed by atoms with Crippen LogP contribution in [0.15, 0.2) is 39.1 Å². The number of esters is 1. The van der Waals surface area contributed by atoms with E-state index in [0.29, 0.717) is 29.9 Å². The molecule has 0 saturated heterocycles. The van der Waals surface area contributed by atoms with E-state index in [2.05, 4.69) is 26.1 Å². The fraction of sp³-hybridized carbons (Fsp3) is 0.545. The van der Waals surface area contributed by atoms with Crippen LogP contribution < -0.4 is 5.32 Å². The summed E-state index contributed by atoms with van der Waals surface area (Å²) < 4.78 is 11.4. The predicted octanol–water partition coefficient (Wildman–Crippen LogP) is 4.49. The van der Waals surface area contributed by atoms with Gasteiger partial charge in [0.1, 0.15) is 18.1 Å². The van der Waals surface area contributed by atoms with E-state index in [1.54, 1.807) is 11.8 Å². The van der Waals surface area contributed by atoms with Crippen LogP contribution in [0.1, 0.15) is 58.0 Å². The number of dihydropyridines is 1. The number of hydrogen-bond acceptors (Lipinski definition) is 6. The monoisotopic (exact) mass is 403 g/mol. The molecule has 1 aromatic rings. The normalized spacial score (nSPS) is 21.5. The number of nitrogens with one attached hydrogen (secondary N) is 1. The zero-order chi connectivity index (χ0) is 20.5. The maximum absolute atomic E-state index is 13.1. The maximum Gasteiger partial charge on any atom is 0.336 e. The summed E-state index contributed by atoms with van der Waals surface area (Å²) in [5, 5.41) is 3.33. The van der Waals surface area contributed by atoms with Gasteiger partial charge in [0.15, 0.2) is 5.78 Å². The van der Waals surface area contributed by atoms with Gasteiger partial charge in [-0.15, -0.1) is 0 Å². The number of aryl methyl sites for hydroxylation is 1. The lowest BCUT2D eigenvalue weighted by Gasteiger charge is -2.38. The van der Waals surface area contributed by atoms with E-state index in [-0.39, 0.29) is 17.2 Å². The third-order valence-corrected chi connectivity index (χ3v) is 6.03. The largest absolute Gasteiger partial charge is 0.465 e. The Balaban J connectivity index is 1.99. The van der Waals surface area contributed by atoms with Crippen molar-refractivity contribution in [3.63, 3.8) is 0 Å². The van der Waals surface area contributed by atoms with Gasteiger partial charge in [-0.3, -0.25) is 4.79 Å². The van der Waals surface area contributed by atoms with Crippen molar-refractivity contribution in [2.45, 2.75) is 53.4 Å². The quantitative estimate of drug-likeness (QED) is 0.558. The van der Waals surface area contributed by atoms with Gasteiger partial charge in [0, 0.05) is 29.1 Å². The average Bonchev–Trinajstić information content (AvgIpc) is 3.02. The molecule has 3 rings (SSSR count). The van der Waals surface area contributed by atoms with Crippen LogP contribution >= 0.6 is 11.8 Å². The third kappa shape index (κ3) is 4.22. The highest BCUT2D eigenvalue weighted by Crippen LogP contribution is 2.47. The molecule has 1 aliphatic heterocycles. The van der Waals surface area contributed by atoms with Gasteiger partial charge in [0.2, 0.25) is 0 Å². The minimum Gasteiger partial charge on any atom is -0.465 e. The van der Waals surface area contributed by atoms with E-state index in [4.69, 9.17) is 9.15 Å². The smallest absolute Gasteiger partial charge is 0.336 e. The zero-order valence-electron chi connectivity index (χ0n) is 17.3. The molecule has 1 aromatic heterocycles. The molecular formula is C22H29NO4S. The summed E-state index contributed by atoms with van der Waals surface area (Å²) in [6, 6.07) is 3.72. The number of Topliss-reactive ketones (excluding diaryl/α,β-unsaturated/α-hetero) is 1. The molecule has 1 atom stereocenters. The highest BCUT2D eigenvalue weighted by molar-refractivity contribution is 7.99. The second-order valence-corrected chi connectivity index (χ2v) is 9.60. The van der Waals surface area contributed by atoms with Crippen molar-refractivity contribution < 1.29 is 18.7 Å². The molecule has 0 unspecified atom stereocenters. The van der Waals surface area contributed by atoms with Crippen LogP contribution in [0.25, 0.3) is 0 Å². The van der Waals surface area contributed by atoms with E-state index in [1.165, 1.54) is 0 Å². The second-order valence-electron chi connectivity index (χ2n) is 8.21. The van der Waals surface area contributed by atoms with Gasteiger partial charge in [-0.25, -0.2) is 4.79 Å². The summed E-state index contributed by atoms with van der Waals surface area (Å²) in [6.45, 7) is 10.3. The Morgan fingerprint density at radius 2 is 2.07 bits per heavy atom. The summed E-state index contributed by atoms with van der Waals surface area (Å²) in [4.78, 5) is 26.1. The second kappa shape index (κ2) is 8.19. The van der Waals surface area contributed by atoms with E-state index in [0.717, 1.165) is 35.1 Å². The number of rotatable bonds is 6. The topological polar surface area (TPSA) is 68.5 Å². The van der Waals surface area contributed by atoms with Crippen LogP contribution in [0.4, 0.5) is 0 Å². The van der Waals surface area contributed by atoms with Crippen LogP contribution in [0.5, 0.6) is 0 Å². The Kier molecular flexibility index (Phi) is 6.08. The fourth-order valence-electron chi connectivity index (χ4n) is 4.02. The lowest BCUT2D eigenvalue weighted by atomic mass is 9.69. The molecule has 2 heterocycles. The number of carbonyl (C=O) groups excluding carboxylic acids is 2. The first-order valence-corrected chi connectivity index (χ1v) is 10.9. The average molecular weight is 404 g/mol. The Bertz CT molecular complexity index is 846. The van der Waals surface area contributed by atoms with Crippen molar-refractivity contribution in [1.82, 2.24) is 5.32 Å². The highest BCUT2D eigenvalue weighted by Gasteiger charge is 2.44. The molecule has 5 nitrogen and oxygen atoms in total. The number of furan rings is 1. The highest BCUT2D eigenvalue weighted by atomic mass is 32.2. The Morgan fingerprint density at radius 1 is 1.32 bits per heavy atom. The summed E-state index contributed by atoms with van der Waals surface area (Å²) in [5.41, 5.74) is 2.64. The standard InChI is InChI=1S/C22H29NO4S/c1-6-28-10-9-26-21(25)18-14(3)23-15-11-22(4,5)12-16(24)19(15)20(18)17-8-7-13(2)27-17/h7-8,20,23H,6,9-12H2,1-5H3/t20-/m1/s1. The molecule has 1 aliphatic carbocycles. The lowest BCUT2D eigenvalue weighted by molar-refractivity contribution is -0.138. The minimum atomic E-state index is -0.514. The minimum absolute atomic E-state index is 0.0668. The Morgan fingerprint density at radius 3 is 2.71 bits per heavy atom. The molecule has 0 bridgehead atoms. The molecule has 0 radical (unpaired) electrons. The van der Waals surface area contributed by atoms with Crippen molar-refractivity contribution in [3.05, 3.63) is 46.2 Å². The molecule has 0 spiro atoms. The summed E-state index contributed by atoms with van der Waals surface area (Å²) >= 11 is 1.73. The summed E-state index contributed by atoms with van der Waals surface area (Å²) in [6.07, 6.45) is 1.22. The van der Waals surface area contributed by atoms with Gasteiger partial charge in [0.25, 0.3) is 0 Å². The number of ketones is 1. The number of carbonyl (C=O) groups is 2. The van der Waals surface area contributed by atoms with Gasteiger partial charge < -0.3 is 14.5 Å². The summed E-state index contributed by atoms with van der Waals surface area (Å²) in [7, 11) is 0. The van der Waals surface area contributed by atoms with E-state index in [1.807, 2.05) is 26.0 Å². The zero-order valence-corrected chi connectivity index (χ0v) is 18.1. The molecule has 0 fully saturated rings. The van der Waals surface area contributed by atoms with E-state index in [9.17, 15) is 9.59 Å². The molecule has 152 valence electrons. The van der Waals surface area contributed by atoms with Crippen LogP contribution in [0.3, 0.4) is 0 Å². The Labute approximate surface area is 171 Å². The molecule has 28 heavy (non-hydrogen) atoms. The van der Waals surface area contributed by atoms with Gasteiger partial charge in [0.05, 0.1) is 11.5 Å². The van der Waals surface area contributed by atoms with Crippen LogP contribution in [0.2, 0.25) is 0 Å². The SMILES string of the molecule is CCSCCOC(=O)C1=C(C)NC2=C(C(=O)CC(C)(C)C2)[C@@H]1c1ccc(C)o1. The van der Waals surface area contributed by atoms with Crippen molar-refractivity contribution in [3.8, 4) is 0 Å². The number of thioether (sulfide) groups is 1. The van der Waals surface area contributed by atoms with E-state index < -0.39 is 5.92 Å². The summed E-state index contributed by atoms with van der Waals surface area (Å²) in [5.74, 6) is 2.28. The van der Waals surface area contributed by atoms with Crippen molar-refractivity contribution in [1.29, 1.82) is 0 Å². The van der Waals surface area contributed by atoms with Crippen LogP contribution in [-0.4, -0.2) is 29.9 Å². The van der Waals surface area contributed by atoms with E-state index >= 15 is 0 Å². The first-order valence-electron chi connectivity index (χ1n) is 9.78. The predicted molar refractivity (Wildman–Crippen MR) is 111 cm³/mol. The van der Waals surface area contributed by atoms with Crippen molar-refractivity contribution in [2.75, 3.05) is 18.1 Å². The van der Waals surface area contributed by atoms with Crippen LogP contribution in [0, 0.1) is 12.3 Å². The molecule has 0 amide bonds. The molecule has 2 aliphatic rings.